The third-order valence-corrected chi connectivity index (χ3v) is 2.83. The summed E-state index contributed by atoms with van der Waals surface area (Å²) in [5.74, 6) is 0.299. The highest BCUT2D eigenvalue weighted by molar-refractivity contribution is 5.84. The van der Waals surface area contributed by atoms with Crippen LogP contribution >= 0.6 is 0 Å². The molecule has 1 saturated heterocycles. The molecule has 0 spiro atoms. The SMILES string of the molecule is CCCC1NC(CCC)N(CC)C1=O. The minimum Gasteiger partial charge on any atom is -0.326 e. The van der Waals surface area contributed by atoms with Crippen molar-refractivity contribution in [2.75, 3.05) is 6.54 Å². The van der Waals surface area contributed by atoms with E-state index in [9.17, 15) is 4.79 Å². The van der Waals surface area contributed by atoms with Crippen LogP contribution in [0.3, 0.4) is 0 Å². The molecule has 3 nitrogen and oxygen atoms in total. The average Bonchev–Trinajstić information content (AvgIpc) is 2.45. The van der Waals surface area contributed by atoms with Crippen LogP contribution in [0.4, 0.5) is 0 Å². The fourth-order valence-electron chi connectivity index (χ4n) is 2.13. The van der Waals surface area contributed by atoms with Crippen LogP contribution in [0.15, 0.2) is 0 Å². The van der Waals surface area contributed by atoms with E-state index in [1.54, 1.807) is 0 Å². The van der Waals surface area contributed by atoms with Gasteiger partial charge in [0.25, 0.3) is 0 Å². The van der Waals surface area contributed by atoms with E-state index in [0.29, 0.717) is 5.91 Å². The molecule has 1 amide bonds. The van der Waals surface area contributed by atoms with Crippen LogP contribution in [-0.2, 0) is 4.79 Å². The Labute approximate surface area is 86.9 Å². The Bertz CT molecular complexity index is 194. The lowest BCUT2D eigenvalue weighted by Gasteiger charge is -2.21. The molecule has 1 aliphatic heterocycles. The fourth-order valence-corrected chi connectivity index (χ4v) is 2.13. The van der Waals surface area contributed by atoms with Crippen molar-refractivity contribution >= 4 is 5.91 Å². The Morgan fingerprint density at radius 2 is 1.86 bits per heavy atom. The molecule has 0 aromatic carbocycles. The Hall–Kier alpha value is -0.570. The summed E-state index contributed by atoms with van der Waals surface area (Å²) in [6.07, 6.45) is 4.52. The number of hydrogen-bond donors (Lipinski definition) is 1. The van der Waals surface area contributed by atoms with Gasteiger partial charge in [0.1, 0.15) is 0 Å². The van der Waals surface area contributed by atoms with Gasteiger partial charge in [0.05, 0.1) is 12.2 Å². The van der Waals surface area contributed by atoms with Crippen LogP contribution in [0, 0.1) is 0 Å². The van der Waals surface area contributed by atoms with E-state index >= 15 is 0 Å². The lowest BCUT2D eigenvalue weighted by atomic mass is 10.2. The molecule has 14 heavy (non-hydrogen) atoms. The number of nitrogens with zero attached hydrogens (tertiary/aromatic N) is 1. The van der Waals surface area contributed by atoms with Crippen LogP contribution in [0.1, 0.15) is 46.5 Å². The zero-order valence-electron chi connectivity index (χ0n) is 9.55. The van der Waals surface area contributed by atoms with Crippen LogP contribution in [0.25, 0.3) is 0 Å². The van der Waals surface area contributed by atoms with Crippen LogP contribution in [0.2, 0.25) is 0 Å². The van der Waals surface area contributed by atoms with E-state index < -0.39 is 0 Å². The molecule has 82 valence electrons. The van der Waals surface area contributed by atoms with Crippen molar-refractivity contribution in [2.24, 2.45) is 0 Å². The van der Waals surface area contributed by atoms with Gasteiger partial charge in [0.15, 0.2) is 0 Å². The van der Waals surface area contributed by atoms with Gasteiger partial charge in [0, 0.05) is 6.54 Å². The molecule has 1 rings (SSSR count). The second-order valence-electron chi connectivity index (χ2n) is 3.94. The first kappa shape index (κ1) is 11.5. The summed E-state index contributed by atoms with van der Waals surface area (Å²) in [4.78, 5) is 13.9. The van der Waals surface area contributed by atoms with E-state index in [1.165, 1.54) is 0 Å². The summed E-state index contributed by atoms with van der Waals surface area (Å²) >= 11 is 0. The van der Waals surface area contributed by atoms with Crippen LogP contribution in [0.5, 0.6) is 0 Å². The van der Waals surface area contributed by atoms with Gasteiger partial charge in [-0.15, -0.1) is 0 Å². The highest BCUT2D eigenvalue weighted by Crippen LogP contribution is 2.17. The molecule has 1 fully saturated rings. The van der Waals surface area contributed by atoms with E-state index in [2.05, 4.69) is 26.1 Å². The Morgan fingerprint density at radius 1 is 1.21 bits per heavy atom. The van der Waals surface area contributed by atoms with Crippen molar-refractivity contribution in [3.05, 3.63) is 0 Å². The molecule has 0 radical (unpaired) electrons. The van der Waals surface area contributed by atoms with Crippen molar-refractivity contribution in [1.82, 2.24) is 10.2 Å². The molecule has 1 aliphatic rings. The summed E-state index contributed by atoms with van der Waals surface area (Å²) in [5.41, 5.74) is 0. The molecular formula is C11H22N2O. The van der Waals surface area contributed by atoms with Gasteiger partial charge < -0.3 is 4.90 Å². The van der Waals surface area contributed by atoms with Gasteiger partial charge in [-0.05, 0) is 19.8 Å². The molecule has 3 heteroatoms. The van der Waals surface area contributed by atoms with Gasteiger partial charge in [-0.1, -0.05) is 26.7 Å². The lowest BCUT2D eigenvalue weighted by Crippen LogP contribution is -2.36. The molecule has 2 atom stereocenters. The second-order valence-corrected chi connectivity index (χ2v) is 3.94. The summed E-state index contributed by atoms with van der Waals surface area (Å²) in [7, 11) is 0. The van der Waals surface area contributed by atoms with E-state index in [4.69, 9.17) is 0 Å². The minimum atomic E-state index is 0.0801. The largest absolute Gasteiger partial charge is 0.326 e. The van der Waals surface area contributed by atoms with Gasteiger partial charge in [-0.25, -0.2) is 0 Å². The molecule has 0 aromatic heterocycles. The highest BCUT2D eigenvalue weighted by Gasteiger charge is 2.36. The topological polar surface area (TPSA) is 32.3 Å². The number of carbonyl (C=O) groups excluding carboxylic acids is 1. The number of rotatable bonds is 5. The predicted molar refractivity (Wildman–Crippen MR) is 57.9 cm³/mol. The molecule has 1 N–H and O–H groups in total. The molecule has 0 saturated carbocycles. The first-order chi connectivity index (χ1) is 6.74. The zero-order valence-corrected chi connectivity index (χ0v) is 9.55. The summed E-state index contributed by atoms with van der Waals surface area (Å²) in [5, 5.41) is 3.42. The number of hydrogen-bond acceptors (Lipinski definition) is 2. The smallest absolute Gasteiger partial charge is 0.241 e. The minimum absolute atomic E-state index is 0.0801. The van der Waals surface area contributed by atoms with Crippen molar-refractivity contribution < 1.29 is 4.79 Å². The monoisotopic (exact) mass is 198 g/mol. The number of amides is 1. The van der Waals surface area contributed by atoms with E-state index in [1.807, 2.05) is 4.90 Å². The predicted octanol–water partition coefficient (Wildman–Crippen LogP) is 1.73. The van der Waals surface area contributed by atoms with Crippen LogP contribution in [-0.4, -0.2) is 29.6 Å². The normalized spacial score (nSPS) is 27.4. The first-order valence-electron chi connectivity index (χ1n) is 5.81. The second kappa shape index (κ2) is 5.35. The maximum atomic E-state index is 11.9. The summed E-state index contributed by atoms with van der Waals surface area (Å²) < 4.78 is 0. The number of carbonyl (C=O) groups is 1. The standard InChI is InChI=1S/C11H22N2O/c1-4-7-9-11(14)13(6-3)10(12-9)8-5-2/h9-10,12H,4-8H2,1-3H3. The van der Waals surface area contributed by atoms with Crippen molar-refractivity contribution in [3.63, 3.8) is 0 Å². The highest BCUT2D eigenvalue weighted by atomic mass is 16.2. The number of likely N-dealkylation sites (N-methyl/N-ethyl adjacent to an activating group) is 1. The molecule has 0 aliphatic carbocycles. The molecule has 2 unspecified atom stereocenters. The summed E-state index contributed by atoms with van der Waals surface area (Å²) in [6.45, 7) is 7.17. The number of nitrogens with one attached hydrogen (secondary N) is 1. The maximum Gasteiger partial charge on any atom is 0.241 e. The zero-order chi connectivity index (χ0) is 10.6. The third kappa shape index (κ3) is 2.27. The van der Waals surface area contributed by atoms with Crippen LogP contribution < -0.4 is 5.32 Å². The summed E-state index contributed by atoms with van der Waals surface area (Å²) in [6, 6.07) is 0.0801. The van der Waals surface area contributed by atoms with Gasteiger partial charge in [0.2, 0.25) is 5.91 Å². The van der Waals surface area contributed by atoms with E-state index in [0.717, 1.165) is 32.2 Å². The molecular weight excluding hydrogens is 176 g/mol. The molecule has 0 bridgehead atoms. The molecule has 0 aromatic rings. The fraction of sp³-hybridized carbons (Fsp3) is 0.909. The van der Waals surface area contributed by atoms with Crippen molar-refractivity contribution in [1.29, 1.82) is 0 Å². The average molecular weight is 198 g/mol. The first-order valence-corrected chi connectivity index (χ1v) is 5.81. The quantitative estimate of drug-likeness (QED) is 0.729. The Balaban J connectivity index is 2.58. The molecule has 1 heterocycles. The Morgan fingerprint density at radius 3 is 2.36 bits per heavy atom. The maximum absolute atomic E-state index is 11.9. The van der Waals surface area contributed by atoms with E-state index in [-0.39, 0.29) is 12.2 Å². The van der Waals surface area contributed by atoms with Gasteiger partial charge >= 0.3 is 0 Å². The van der Waals surface area contributed by atoms with Crippen molar-refractivity contribution in [2.45, 2.75) is 58.7 Å². The van der Waals surface area contributed by atoms with Crippen molar-refractivity contribution in [3.8, 4) is 0 Å². The van der Waals surface area contributed by atoms with Gasteiger partial charge in [-0.3, -0.25) is 10.1 Å². The van der Waals surface area contributed by atoms with Gasteiger partial charge in [-0.2, -0.15) is 0 Å². The Kier molecular flexibility index (Phi) is 4.39. The third-order valence-electron chi connectivity index (χ3n) is 2.83. The lowest BCUT2D eigenvalue weighted by molar-refractivity contribution is -0.130.